The molecule has 0 bridgehead atoms. The maximum Gasteiger partial charge on any atom is 0.274 e. The van der Waals surface area contributed by atoms with Crippen LogP contribution in [0.1, 0.15) is 11.3 Å². The van der Waals surface area contributed by atoms with Crippen molar-refractivity contribution in [3.63, 3.8) is 0 Å². The van der Waals surface area contributed by atoms with Crippen molar-refractivity contribution in [1.82, 2.24) is 9.78 Å². The standard InChI is InChI=1S/C22H18N2O/c1-2-14-24-22(25)20-13-6-5-12-19(20)21(23-24)15-17-10-7-9-16-8-3-4-11-18(16)17/h2-13H,1,14-15H2. The molecule has 1 aromatic heterocycles. The van der Waals surface area contributed by atoms with Crippen LogP contribution in [0.3, 0.4) is 0 Å². The summed E-state index contributed by atoms with van der Waals surface area (Å²) in [5.41, 5.74) is 2.05. The Balaban J connectivity index is 1.93. The number of hydrogen-bond acceptors (Lipinski definition) is 2. The van der Waals surface area contributed by atoms with E-state index in [0.29, 0.717) is 18.4 Å². The molecule has 0 N–H and O–H groups in total. The lowest BCUT2D eigenvalue weighted by Crippen LogP contribution is -2.24. The number of rotatable bonds is 4. The van der Waals surface area contributed by atoms with E-state index in [-0.39, 0.29) is 5.56 Å². The summed E-state index contributed by atoms with van der Waals surface area (Å²) in [7, 11) is 0. The summed E-state index contributed by atoms with van der Waals surface area (Å²) in [6.07, 6.45) is 2.38. The van der Waals surface area contributed by atoms with Gasteiger partial charge in [0, 0.05) is 11.8 Å². The molecule has 0 spiro atoms. The van der Waals surface area contributed by atoms with Crippen molar-refractivity contribution >= 4 is 21.5 Å². The second-order valence-electron chi connectivity index (χ2n) is 6.08. The van der Waals surface area contributed by atoms with Crippen molar-refractivity contribution in [3.05, 3.63) is 101 Å². The minimum Gasteiger partial charge on any atom is -0.267 e. The molecule has 0 aliphatic rings. The number of hydrogen-bond donors (Lipinski definition) is 0. The first-order chi connectivity index (χ1) is 12.3. The first-order valence-corrected chi connectivity index (χ1v) is 8.34. The van der Waals surface area contributed by atoms with Crippen LogP contribution in [0.2, 0.25) is 0 Å². The van der Waals surface area contributed by atoms with Crippen molar-refractivity contribution in [3.8, 4) is 0 Å². The molecule has 3 heteroatoms. The van der Waals surface area contributed by atoms with Crippen LogP contribution in [-0.2, 0) is 13.0 Å². The fourth-order valence-corrected chi connectivity index (χ4v) is 3.31. The Labute approximate surface area is 145 Å². The normalized spacial score (nSPS) is 11.0. The third-order valence-electron chi connectivity index (χ3n) is 4.48. The van der Waals surface area contributed by atoms with E-state index in [1.165, 1.54) is 21.0 Å². The Bertz CT molecular complexity index is 1140. The number of benzene rings is 3. The molecule has 3 aromatic carbocycles. The lowest BCUT2D eigenvalue weighted by Gasteiger charge is -2.11. The van der Waals surface area contributed by atoms with Crippen LogP contribution >= 0.6 is 0 Å². The van der Waals surface area contributed by atoms with Crippen molar-refractivity contribution in [2.75, 3.05) is 0 Å². The van der Waals surface area contributed by atoms with Crippen LogP contribution in [0.4, 0.5) is 0 Å². The highest BCUT2D eigenvalue weighted by atomic mass is 16.1. The van der Waals surface area contributed by atoms with E-state index in [0.717, 1.165) is 11.1 Å². The van der Waals surface area contributed by atoms with E-state index < -0.39 is 0 Å². The van der Waals surface area contributed by atoms with E-state index in [1.54, 1.807) is 6.08 Å². The van der Waals surface area contributed by atoms with Crippen molar-refractivity contribution in [1.29, 1.82) is 0 Å². The van der Waals surface area contributed by atoms with Gasteiger partial charge in [0.25, 0.3) is 5.56 Å². The van der Waals surface area contributed by atoms with Gasteiger partial charge < -0.3 is 0 Å². The predicted molar refractivity (Wildman–Crippen MR) is 103 cm³/mol. The molecule has 0 amide bonds. The Morgan fingerprint density at radius 1 is 0.880 bits per heavy atom. The molecule has 4 rings (SSSR count). The summed E-state index contributed by atoms with van der Waals surface area (Å²) in [6, 6.07) is 22.3. The summed E-state index contributed by atoms with van der Waals surface area (Å²) in [5.74, 6) is 0. The van der Waals surface area contributed by atoms with Crippen molar-refractivity contribution in [2.24, 2.45) is 0 Å². The maximum absolute atomic E-state index is 12.6. The van der Waals surface area contributed by atoms with Crippen LogP contribution in [0, 0.1) is 0 Å². The minimum atomic E-state index is -0.0721. The summed E-state index contributed by atoms with van der Waals surface area (Å²) >= 11 is 0. The third kappa shape index (κ3) is 2.74. The van der Waals surface area contributed by atoms with E-state index in [4.69, 9.17) is 0 Å². The molecular formula is C22H18N2O. The molecule has 0 radical (unpaired) electrons. The summed E-state index contributed by atoms with van der Waals surface area (Å²) in [6.45, 7) is 4.14. The van der Waals surface area contributed by atoms with Crippen LogP contribution in [-0.4, -0.2) is 9.78 Å². The minimum absolute atomic E-state index is 0.0721. The Morgan fingerprint density at radius 3 is 2.36 bits per heavy atom. The fourth-order valence-electron chi connectivity index (χ4n) is 3.31. The lowest BCUT2D eigenvalue weighted by molar-refractivity contribution is 0.645. The number of allylic oxidation sites excluding steroid dienone is 1. The van der Waals surface area contributed by atoms with E-state index in [1.807, 2.05) is 30.3 Å². The fraction of sp³-hybridized carbons (Fsp3) is 0.0909. The van der Waals surface area contributed by atoms with Gasteiger partial charge in [0.05, 0.1) is 17.6 Å². The molecule has 0 saturated carbocycles. The van der Waals surface area contributed by atoms with Gasteiger partial charge in [0.15, 0.2) is 0 Å². The number of aromatic nitrogens is 2. The zero-order valence-corrected chi connectivity index (χ0v) is 13.9. The Morgan fingerprint density at radius 2 is 1.56 bits per heavy atom. The van der Waals surface area contributed by atoms with Crippen LogP contribution in [0.5, 0.6) is 0 Å². The second-order valence-corrected chi connectivity index (χ2v) is 6.08. The number of fused-ring (bicyclic) bond motifs is 2. The smallest absolute Gasteiger partial charge is 0.267 e. The first kappa shape index (κ1) is 15.3. The molecule has 0 unspecified atom stereocenters. The van der Waals surface area contributed by atoms with Gasteiger partial charge in [-0.2, -0.15) is 5.10 Å². The lowest BCUT2D eigenvalue weighted by atomic mass is 9.99. The molecule has 4 aromatic rings. The monoisotopic (exact) mass is 326 g/mol. The van der Waals surface area contributed by atoms with Crippen LogP contribution < -0.4 is 5.56 Å². The van der Waals surface area contributed by atoms with E-state index >= 15 is 0 Å². The van der Waals surface area contributed by atoms with Gasteiger partial charge in [-0.15, -0.1) is 6.58 Å². The molecule has 0 saturated heterocycles. The molecular weight excluding hydrogens is 308 g/mol. The summed E-state index contributed by atoms with van der Waals surface area (Å²) < 4.78 is 1.50. The van der Waals surface area contributed by atoms with Crippen molar-refractivity contribution < 1.29 is 0 Å². The quantitative estimate of drug-likeness (QED) is 0.523. The van der Waals surface area contributed by atoms with Gasteiger partial charge in [-0.1, -0.05) is 66.7 Å². The van der Waals surface area contributed by atoms with Crippen LogP contribution in [0.25, 0.3) is 21.5 Å². The van der Waals surface area contributed by atoms with Gasteiger partial charge in [0.1, 0.15) is 0 Å². The largest absolute Gasteiger partial charge is 0.274 e. The highest BCUT2D eigenvalue weighted by molar-refractivity contribution is 5.88. The molecule has 3 nitrogen and oxygen atoms in total. The molecule has 0 aliphatic carbocycles. The van der Waals surface area contributed by atoms with Gasteiger partial charge in [-0.3, -0.25) is 4.79 Å². The molecule has 0 atom stereocenters. The molecule has 0 aliphatic heterocycles. The first-order valence-electron chi connectivity index (χ1n) is 8.34. The third-order valence-corrected chi connectivity index (χ3v) is 4.48. The van der Waals surface area contributed by atoms with Gasteiger partial charge in [-0.25, -0.2) is 4.68 Å². The van der Waals surface area contributed by atoms with Gasteiger partial charge in [0.2, 0.25) is 0 Å². The average Bonchev–Trinajstić information content (AvgIpc) is 2.66. The Kier molecular flexibility index (Phi) is 3.90. The highest BCUT2D eigenvalue weighted by Crippen LogP contribution is 2.23. The zero-order valence-electron chi connectivity index (χ0n) is 13.9. The molecule has 1 heterocycles. The molecule has 25 heavy (non-hydrogen) atoms. The van der Waals surface area contributed by atoms with E-state index in [9.17, 15) is 4.79 Å². The summed E-state index contributed by atoms with van der Waals surface area (Å²) in [4.78, 5) is 12.6. The molecule has 122 valence electrons. The van der Waals surface area contributed by atoms with Crippen molar-refractivity contribution in [2.45, 2.75) is 13.0 Å². The number of nitrogens with zero attached hydrogens (tertiary/aromatic N) is 2. The zero-order chi connectivity index (χ0) is 17.2. The van der Waals surface area contributed by atoms with Crippen LogP contribution in [0.15, 0.2) is 84.2 Å². The predicted octanol–water partition coefficient (Wildman–Crippen LogP) is 4.33. The topological polar surface area (TPSA) is 34.9 Å². The molecule has 0 fully saturated rings. The highest BCUT2D eigenvalue weighted by Gasteiger charge is 2.11. The van der Waals surface area contributed by atoms with Gasteiger partial charge in [-0.05, 0) is 22.4 Å². The SMILES string of the molecule is C=CCn1nc(Cc2cccc3ccccc23)c2ccccc2c1=O. The maximum atomic E-state index is 12.6. The Hall–Kier alpha value is -3.20. The van der Waals surface area contributed by atoms with Gasteiger partial charge >= 0.3 is 0 Å². The average molecular weight is 326 g/mol. The summed E-state index contributed by atoms with van der Waals surface area (Å²) in [5, 5.41) is 8.68. The van der Waals surface area contributed by atoms with E-state index in [2.05, 4.69) is 48.1 Å². The second kappa shape index (κ2) is 6.36.